The lowest BCUT2D eigenvalue weighted by Gasteiger charge is -2.14. The summed E-state index contributed by atoms with van der Waals surface area (Å²) in [6.07, 6.45) is -0.744. The number of nitrogens with one attached hydrogen (secondary N) is 2. The molecule has 27 heavy (non-hydrogen) atoms. The average molecular weight is 417 g/mol. The number of carbonyl (C=O) groups is 1. The predicted octanol–water partition coefficient (Wildman–Crippen LogP) is 4.25. The number of carbonyl (C=O) groups excluding carboxylic acids is 1. The first-order chi connectivity index (χ1) is 12.8. The van der Waals surface area contributed by atoms with E-state index < -0.39 is 21.9 Å². The van der Waals surface area contributed by atoms with Gasteiger partial charge in [-0.1, -0.05) is 11.6 Å². The van der Waals surface area contributed by atoms with E-state index in [0.717, 1.165) is 12.1 Å². The van der Waals surface area contributed by atoms with E-state index >= 15 is 0 Å². The van der Waals surface area contributed by atoms with Crippen LogP contribution in [-0.2, 0) is 14.8 Å². The summed E-state index contributed by atoms with van der Waals surface area (Å²) in [5, 5.41) is 2.22. The summed E-state index contributed by atoms with van der Waals surface area (Å²) >= 11 is 5.67. The second-order valence-electron chi connectivity index (χ2n) is 5.17. The Kier molecular flexibility index (Phi) is 6.86. The van der Waals surface area contributed by atoms with Crippen molar-refractivity contribution in [2.45, 2.75) is 18.7 Å². The number of benzene rings is 2. The van der Waals surface area contributed by atoms with E-state index in [1.54, 1.807) is 13.8 Å². The van der Waals surface area contributed by atoms with Gasteiger partial charge in [0.2, 0.25) is 0 Å². The first-order valence-electron chi connectivity index (χ1n) is 7.95. The van der Waals surface area contributed by atoms with Crippen molar-refractivity contribution in [2.24, 2.45) is 0 Å². The summed E-state index contributed by atoms with van der Waals surface area (Å²) in [6, 6.07) is 7.40. The van der Waals surface area contributed by atoms with E-state index in [4.69, 9.17) is 21.1 Å². The Hall–Kier alpha value is -2.52. The normalized spacial score (nSPS) is 11.0. The Morgan fingerprint density at radius 2 is 1.89 bits per heavy atom. The number of amides is 1. The molecular weight excluding hydrogens is 399 g/mol. The van der Waals surface area contributed by atoms with Gasteiger partial charge in [0.15, 0.2) is 0 Å². The molecule has 0 aliphatic carbocycles. The van der Waals surface area contributed by atoms with Gasteiger partial charge in [0, 0.05) is 0 Å². The number of sulfonamides is 1. The lowest BCUT2D eigenvalue weighted by Crippen LogP contribution is -2.16. The molecule has 2 rings (SSSR count). The van der Waals surface area contributed by atoms with Crippen molar-refractivity contribution in [3.05, 3.63) is 47.2 Å². The molecule has 0 aliphatic rings. The molecule has 0 unspecified atom stereocenters. The lowest BCUT2D eigenvalue weighted by atomic mass is 10.3. The second kappa shape index (κ2) is 8.92. The molecule has 0 radical (unpaired) electrons. The Balaban J connectivity index is 2.34. The molecule has 1 amide bonds. The molecule has 146 valence electrons. The minimum atomic E-state index is -4.02. The van der Waals surface area contributed by atoms with Gasteiger partial charge in [-0.05, 0) is 50.2 Å². The first kappa shape index (κ1) is 20.8. The summed E-state index contributed by atoms with van der Waals surface area (Å²) in [5.41, 5.74) is 0.227. The van der Waals surface area contributed by atoms with Crippen molar-refractivity contribution < 1.29 is 27.1 Å². The standard InChI is InChI=1S/C17H18ClFN2O5S/c1-3-25-16-8-6-12(10-15(16)20-17(22)26-4-2)27(23,24)21-11-5-7-14(19)13(18)9-11/h5-10,21H,3-4H2,1-2H3,(H,20,22). The van der Waals surface area contributed by atoms with E-state index in [1.165, 1.54) is 24.3 Å². The Morgan fingerprint density at radius 3 is 2.52 bits per heavy atom. The molecule has 2 aromatic carbocycles. The zero-order chi connectivity index (χ0) is 20.0. The largest absolute Gasteiger partial charge is 0.492 e. The fourth-order valence-corrected chi connectivity index (χ4v) is 3.36. The fraction of sp³-hybridized carbons (Fsp3) is 0.235. The maximum Gasteiger partial charge on any atom is 0.411 e. The molecular formula is C17H18ClFN2O5S. The monoisotopic (exact) mass is 416 g/mol. The van der Waals surface area contributed by atoms with Crippen molar-refractivity contribution in [2.75, 3.05) is 23.3 Å². The molecule has 0 atom stereocenters. The zero-order valence-corrected chi connectivity index (χ0v) is 16.2. The van der Waals surface area contributed by atoms with Crippen LogP contribution in [0, 0.1) is 5.82 Å². The third-order valence-corrected chi connectivity index (χ3v) is 4.91. The molecule has 0 heterocycles. The summed E-state index contributed by atoms with van der Waals surface area (Å²) in [7, 11) is -4.02. The van der Waals surface area contributed by atoms with Crippen LogP contribution < -0.4 is 14.8 Å². The van der Waals surface area contributed by atoms with Crippen LogP contribution in [0.3, 0.4) is 0 Å². The van der Waals surface area contributed by atoms with E-state index in [1.807, 2.05) is 0 Å². The van der Waals surface area contributed by atoms with Crippen molar-refractivity contribution >= 4 is 39.1 Å². The first-order valence-corrected chi connectivity index (χ1v) is 9.81. The molecule has 0 bridgehead atoms. The third kappa shape index (κ3) is 5.48. The van der Waals surface area contributed by atoms with Gasteiger partial charge < -0.3 is 9.47 Å². The van der Waals surface area contributed by atoms with Crippen LogP contribution in [0.2, 0.25) is 5.02 Å². The molecule has 0 saturated heterocycles. The highest BCUT2D eigenvalue weighted by Crippen LogP contribution is 2.29. The molecule has 10 heteroatoms. The van der Waals surface area contributed by atoms with Gasteiger partial charge in [-0.2, -0.15) is 0 Å². The van der Waals surface area contributed by atoms with Gasteiger partial charge in [0.05, 0.1) is 34.5 Å². The Labute approximate surface area is 161 Å². The molecule has 0 spiro atoms. The maximum absolute atomic E-state index is 13.2. The van der Waals surface area contributed by atoms with Gasteiger partial charge in [0.25, 0.3) is 10.0 Å². The summed E-state index contributed by atoms with van der Waals surface area (Å²) in [4.78, 5) is 11.5. The quantitative estimate of drug-likeness (QED) is 0.703. The summed E-state index contributed by atoms with van der Waals surface area (Å²) in [6.45, 7) is 3.86. The van der Waals surface area contributed by atoms with Crippen molar-refractivity contribution in [1.29, 1.82) is 0 Å². The minimum Gasteiger partial charge on any atom is -0.492 e. The number of anilines is 2. The Bertz CT molecular complexity index is 937. The second-order valence-corrected chi connectivity index (χ2v) is 7.26. The average Bonchev–Trinajstić information content (AvgIpc) is 2.60. The summed E-state index contributed by atoms with van der Waals surface area (Å²) in [5.74, 6) is -0.379. The highest BCUT2D eigenvalue weighted by atomic mass is 35.5. The topological polar surface area (TPSA) is 93.7 Å². The fourth-order valence-electron chi connectivity index (χ4n) is 2.11. The van der Waals surface area contributed by atoms with E-state index in [0.29, 0.717) is 6.61 Å². The number of hydrogen-bond donors (Lipinski definition) is 2. The Morgan fingerprint density at radius 1 is 1.15 bits per heavy atom. The van der Waals surface area contributed by atoms with E-state index in [-0.39, 0.29) is 33.6 Å². The van der Waals surface area contributed by atoms with Crippen molar-refractivity contribution in [3.8, 4) is 5.75 Å². The van der Waals surface area contributed by atoms with Crippen LogP contribution in [0.5, 0.6) is 5.75 Å². The van der Waals surface area contributed by atoms with Gasteiger partial charge in [-0.25, -0.2) is 17.6 Å². The highest BCUT2D eigenvalue weighted by molar-refractivity contribution is 7.92. The number of hydrogen-bond acceptors (Lipinski definition) is 5. The number of halogens is 2. The van der Waals surface area contributed by atoms with Gasteiger partial charge in [-0.15, -0.1) is 0 Å². The molecule has 2 aromatic rings. The van der Waals surface area contributed by atoms with Crippen LogP contribution in [0.15, 0.2) is 41.3 Å². The van der Waals surface area contributed by atoms with Crippen LogP contribution in [0.25, 0.3) is 0 Å². The molecule has 0 fully saturated rings. The van der Waals surface area contributed by atoms with E-state index in [2.05, 4.69) is 10.0 Å². The summed E-state index contributed by atoms with van der Waals surface area (Å²) < 4.78 is 50.9. The van der Waals surface area contributed by atoms with Gasteiger partial charge in [-0.3, -0.25) is 10.0 Å². The maximum atomic E-state index is 13.2. The van der Waals surface area contributed by atoms with Crippen LogP contribution in [-0.4, -0.2) is 27.7 Å². The van der Waals surface area contributed by atoms with Crippen molar-refractivity contribution in [3.63, 3.8) is 0 Å². The molecule has 2 N–H and O–H groups in total. The van der Waals surface area contributed by atoms with Crippen LogP contribution in [0.4, 0.5) is 20.6 Å². The lowest BCUT2D eigenvalue weighted by molar-refractivity contribution is 0.167. The highest BCUT2D eigenvalue weighted by Gasteiger charge is 2.19. The SMILES string of the molecule is CCOC(=O)Nc1cc(S(=O)(=O)Nc2ccc(F)c(Cl)c2)ccc1OCC. The molecule has 7 nitrogen and oxygen atoms in total. The molecule has 0 aromatic heterocycles. The zero-order valence-electron chi connectivity index (χ0n) is 14.6. The predicted molar refractivity (Wildman–Crippen MR) is 100 cm³/mol. The smallest absolute Gasteiger partial charge is 0.411 e. The number of rotatable bonds is 7. The number of ether oxygens (including phenoxy) is 2. The molecule has 0 saturated carbocycles. The molecule has 0 aliphatic heterocycles. The van der Waals surface area contributed by atoms with Crippen LogP contribution >= 0.6 is 11.6 Å². The van der Waals surface area contributed by atoms with Gasteiger partial charge >= 0.3 is 6.09 Å². The minimum absolute atomic E-state index is 0.0928. The van der Waals surface area contributed by atoms with Crippen molar-refractivity contribution in [1.82, 2.24) is 0 Å². The van der Waals surface area contributed by atoms with Crippen LogP contribution in [0.1, 0.15) is 13.8 Å². The van der Waals surface area contributed by atoms with E-state index in [9.17, 15) is 17.6 Å². The van der Waals surface area contributed by atoms with Gasteiger partial charge in [0.1, 0.15) is 11.6 Å². The third-order valence-electron chi connectivity index (χ3n) is 3.25.